The van der Waals surface area contributed by atoms with Gasteiger partial charge in [0.05, 0.1) is 27.2 Å². The fourth-order valence-corrected chi connectivity index (χ4v) is 3.82. The zero-order chi connectivity index (χ0) is 14.8. The maximum atomic E-state index is 11.9. The van der Waals surface area contributed by atoms with Crippen LogP contribution in [0.1, 0.15) is 6.42 Å². The molecule has 20 heavy (non-hydrogen) atoms. The van der Waals surface area contributed by atoms with Crippen LogP contribution in [0.4, 0.5) is 5.69 Å². The van der Waals surface area contributed by atoms with Crippen LogP contribution in [0.25, 0.3) is 0 Å². The van der Waals surface area contributed by atoms with E-state index in [-0.39, 0.29) is 34.9 Å². The van der Waals surface area contributed by atoms with E-state index in [4.69, 9.17) is 23.2 Å². The van der Waals surface area contributed by atoms with E-state index in [1.807, 2.05) is 0 Å². The lowest BCUT2D eigenvalue weighted by atomic mass is 10.2. The number of hydrogen-bond acceptors (Lipinski definition) is 4. The highest BCUT2D eigenvalue weighted by molar-refractivity contribution is 7.91. The van der Waals surface area contributed by atoms with Crippen LogP contribution in [0.15, 0.2) is 18.2 Å². The molecule has 1 unspecified atom stereocenters. The summed E-state index contributed by atoms with van der Waals surface area (Å²) >= 11 is 11.8. The maximum absolute atomic E-state index is 11.9. The number of carbonyl (C=O) groups is 1. The Balaban J connectivity index is 1.97. The van der Waals surface area contributed by atoms with Crippen LogP contribution in [0.2, 0.25) is 10.0 Å². The predicted molar refractivity (Wildman–Crippen MR) is 80.2 cm³/mol. The largest absolute Gasteiger partial charge is 0.325 e. The number of benzene rings is 1. The summed E-state index contributed by atoms with van der Waals surface area (Å²) in [5.74, 6) is -0.210. The highest BCUT2D eigenvalue weighted by atomic mass is 35.5. The second-order valence-electron chi connectivity index (χ2n) is 4.62. The van der Waals surface area contributed by atoms with Crippen molar-refractivity contribution in [3.63, 3.8) is 0 Å². The number of amides is 1. The first-order valence-corrected chi connectivity index (χ1v) is 8.63. The molecule has 1 heterocycles. The summed E-state index contributed by atoms with van der Waals surface area (Å²) in [4.78, 5) is 11.9. The van der Waals surface area contributed by atoms with Crippen LogP contribution >= 0.6 is 23.2 Å². The number of hydrogen-bond donors (Lipinski definition) is 2. The monoisotopic (exact) mass is 336 g/mol. The summed E-state index contributed by atoms with van der Waals surface area (Å²) in [5, 5.41) is 6.27. The number of anilines is 1. The first-order chi connectivity index (χ1) is 9.37. The molecule has 1 aliphatic rings. The van der Waals surface area contributed by atoms with Gasteiger partial charge < -0.3 is 10.6 Å². The normalized spacial score (nSPS) is 21.4. The minimum Gasteiger partial charge on any atom is -0.325 e. The van der Waals surface area contributed by atoms with Gasteiger partial charge in [0.1, 0.15) is 0 Å². The summed E-state index contributed by atoms with van der Waals surface area (Å²) in [5.41, 5.74) is 0.419. The number of carbonyl (C=O) groups excluding carboxylic acids is 1. The van der Waals surface area contributed by atoms with Gasteiger partial charge in [0, 0.05) is 19.0 Å². The van der Waals surface area contributed by atoms with Crippen LogP contribution in [-0.4, -0.2) is 38.4 Å². The van der Waals surface area contributed by atoms with E-state index >= 15 is 0 Å². The molecule has 1 aliphatic heterocycles. The molecule has 0 bridgehead atoms. The quantitative estimate of drug-likeness (QED) is 0.881. The fraction of sp³-hybridized carbons (Fsp3) is 0.417. The third kappa shape index (κ3) is 4.09. The van der Waals surface area contributed by atoms with E-state index in [0.29, 0.717) is 17.3 Å². The summed E-state index contributed by atoms with van der Waals surface area (Å²) in [7, 11) is -3.05. The zero-order valence-corrected chi connectivity index (χ0v) is 12.9. The average molecular weight is 337 g/mol. The molecule has 0 aromatic heterocycles. The topological polar surface area (TPSA) is 75.3 Å². The summed E-state index contributed by atoms with van der Waals surface area (Å²) < 4.78 is 23.0. The molecular formula is C12H14Cl2N2O3S. The Bertz CT molecular complexity index is 619. The third-order valence-corrected chi connectivity index (χ3v) is 5.51. The second kappa shape index (κ2) is 6.30. The smallest absolute Gasteiger partial charge is 0.226 e. The minimum atomic E-state index is -3.05. The number of nitrogens with one attached hydrogen (secondary N) is 2. The van der Waals surface area contributed by atoms with Crippen molar-refractivity contribution in [1.29, 1.82) is 0 Å². The maximum Gasteiger partial charge on any atom is 0.226 e. The van der Waals surface area contributed by atoms with Crippen molar-refractivity contribution >= 4 is 44.6 Å². The molecule has 0 spiro atoms. The Hall–Kier alpha value is -0.820. The van der Waals surface area contributed by atoms with Crippen molar-refractivity contribution in [3.8, 4) is 0 Å². The Morgan fingerprint density at radius 2 is 2.15 bits per heavy atom. The molecule has 0 aliphatic carbocycles. The van der Waals surface area contributed by atoms with Crippen LogP contribution in [-0.2, 0) is 14.6 Å². The lowest BCUT2D eigenvalue weighted by Crippen LogP contribution is -2.46. The van der Waals surface area contributed by atoms with E-state index in [0.717, 1.165) is 0 Å². The van der Waals surface area contributed by atoms with Crippen molar-refractivity contribution in [2.75, 3.05) is 23.4 Å². The van der Waals surface area contributed by atoms with Crippen LogP contribution < -0.4 is 10.6 Å². The minimum absolute atomic E-state index is 0.0241. The van der Waals surface area contributed by atoms with Crippen molar-refractivity contribution < 1.29 is 13.2 Å². The lowest BCUT2D eigenvalue weighted by Gasteiger charge is -2.23. The van der Waals surface area contributed by atoms with Crippen molar-refractivity contribution in [2.45, 2.75) is 12.5 Å². The van der Waals surface area contributed by atoms with Crippen molar-refractivity contribution in [3.05, 3.63) is 28.2 Å². The predicted octanol–water partition coefficient (Wildman–Crippen LogP) is 1.71. The standard InChI is InChI=1S/C12H14Cl2N2O3S/c13-9-2-1-3-10(12(9)14)16-11(17)6-8-7-20(18,19)5-4-15-8/h1-3,8,15H,4-7H2,(H,16,17). The fourth-order valence-electron chi connectivity index (χ4n) is 2.02. The molecule has 1 aromatic rings. The Morgan fingerprint density at radius 1 is 1.40 bits per heavy atom. The molecule has 0 saturated carbocycles. The van der Waals surface area contributed by atoms with Gasteiger partial charge in [-0.1, -0.05) is 29.3 Å². The molecule has 2 rings (SSSR count). The first kappa shape index (κ1) is 15.6. The molecule has 1 fully saturated rings. The van der Waals surface area contributed by atoms with Gasteiger partial charge in [-0.3, -0.25) is 4.79 Å². The zero-order valence-electron chi connectivity index (χ0n) is 10.5. The first-order valence-electron chi connectivity index (χ1n) is 6.05. The number of halogens is 2. The summed E-state index contributed by atoms with van der Waals surface area (Å²) in [6.45, 7) is 0.373. The number of rotatable bonds is 3. The van der Waals surface area contributed by atoms with Gasteiger partial charge in [-0.15, -0.1) is 0 Å². The molecule has 1 aromatic carbocycles. The molecule has 110 valence electrons. The third-order valence-electron chi connectivity index (χ3n) is 2.96. The lowest BCUT2D eigenvalue weighted by molar-refractivity contribution is -0.116. The van der Waals surface area contributed by atoms with Crippen molar-refractivity contribution in [1.82, 2.24) is 5.32 Å². The average Bonchev–Trinajstić information content (AvgIpc) is 2.33. The van der Waals surface area contributed by atoms with Crippen LogP contribution in [0, 0.1) is 0 Å². The second-order valence-corrected chi connectivity index (χ2v) is 7.63. The van der Waals surface area contributed by atoms with Gasteiger partial charge in [0.15, 0.2) is 9.84 Å². The van der Waals surface area contributed by atoms with E-state index in [9.17, 15) is 13.2 Å². The van der Waals surface area contributed by atoms with E-state index in [2.05, 4.69) is 10.6 Å². The van der Waals surface area contributed by atoms with Crippen LogP contribution in [0.3, 0.4) is 0 Å². The summed E-state index contributed by atoms with van der Waals surface area (Å²) in [6, 6.07) is 4.56. The van der Waals surface area contributed by atoms with Gasteiger partial charge in [-0.2, -0.15) is 0 Å². The SMILES string of the molecule is O=C(CC1CS(=O)(=O)CCN1)Nc1cccc(Cl)c1Cl. The molecule has 8 heteroatoms. The van der Waals surface area contributed by atoms with Gasteiger partial charge in [0.2, 0.25) is 5.91 Å². The molecule has 2 N–H and O–H groups in total. The molecule has 5 nitrogen and oxygen atoms in total. The van der Waals surface area contributed by atoms with E-state index in [1.165, 1.54) is 0 Å². The van der Waals surface area contributed by atoms with E-state index in [1.54, 1.807) is 18.2 Å². The molecular weight excluding hydrogens is 323 g/mol. The number of sulfone groups is 1. The summed E-state index contributed by atoms with van der Waals surface area (Å²) in [6.07, 6.45) is 0.0715. The van der Waals surface area contributed by atoms with Gasteiger partial charge in [-0.05, 0) is 12.1 Å². The molecule has 0 radical (unpaired) electrons. The molecule has 1 amide bonds. The van der Waals surface area contributed by atoms with Gasteiger partial charge in [0.25, 0.3) is 0 Å². The Labute approximate surface area is 127 Å². The van der Waals surface area contributed by atoms with Crippen LogP contribution in [0.5, 0.6) is 0 Å². The molecule has 1 saturated heterocycles. The highest BCUT2D eigenvalue weighted by Gasteiger charge is 2.26. The van der Waals surface area contributed by atoms with Gasteiger partial charge >= 0.3 is 0 Å². The Kier molecular flexibility index (Phi) is 4.90. The highest BCUT2D eigenvalue weighted by Crippen LogP contribution is 2.29. The van der Waals surface area contributed by atoms with Gasteiger partial charge in [-0.25, -0.2) is 8.42 Å². The van der Waals surface area contributed by atoms with E-state index < -0.39 is 9.84 Å². The molecule has 1 atom stereocenters. The van der Waals surface area contributed by atoms with Crippen molar-refractivity contribution in [2.24, 2.45) is 0 Å². The Morgan fingerprint density at radius 3 is 2.85 bits per heavy atom.